The average molecular weight is 339 g/mol. The van der Waals surface area contributed by atoms with Crippen LogP contribution < -0.4 is 4.90 Å². The first-order valence-electron chi connectivity index (χ1n) is 6.33. The second-order valence-electron chi connectivity index (χ2n) is 4.74. The normalized spacial score (nSPS) is 22.4. The summed E-state index contributed by atoms with van der Waals surface area (Å²) in [6.07, 6.45) is 4.43. The number of hydrogen-bond acceptors (Lipinski definition) is 6. The summed E-state index contributed by atoms with van der Waals surface area (Å²) in [6.45, 7) is 2.62. The molecular weight excluding hydrogens is 324 g/mol. The van der Waals surface area contributed by atoms with E-state index in [9.17, 15) is 0 Å². The fourth-order valence-electron chi connectivity index (χ4n) is 2.40. The van der Waals surface area contributed by atoms with Gasteiger partial charge in [-0.1, -0.05) is 0 Å². The number of halogens is 1. The summed E-state index contributed by atoms with van der Waals surface area (Å²) < 4.78 is 6.33. The molecule has 7 nitrogen and oxygen atoms in total. The third-order valence-corrected chi connectivity index (χ3v) is 3.78. The number of nitrogens with one attached hydrogen (secondary N) is 1. The van der Waals surface area contributed by atoms with Crippen LogP contribution in [0.15, 0.2) is 16.9 Å². The van der Waals surface area contributed by atoms with Crippen molar-refractivity contribution in [3.8, 4) is 0 Å². The van der Waals surface area contributed by atoms with E-state index in [0.717, 1.165) is 29.1 Å². The van der Waals surface area contributed by atoms with Crippen molar-refractivity contribution in [2.45, 2.75) is 25.5 Å². The Morgan fingerprint density at radius 3 is 2.75 bits per heavy atom. The van der Waals surface area contributed by atoms with Crippen molar-refractivity contribution in [2.75, 3.05) is 18.6 Å². The number of nitrogens with zero attached hydrogens (tertiary/aromatic N) is 5. The molecule has 3 rings (SSSR count). The Morgan fingerprint density at radius 2 is 2.15 bits per heavy atom. The van der Waals surface area contributed by atoms with Gasteiger partial charge in [-0.3, -0.25) is 5.10 Å². The van der Waals surface area contributed by atoms with Gasteiger partial charge in [-0.25, -0.2) is 15.0 Å². The molecule has 1 N–H and O–H groups in total. The van der Waals surface area contributed by atoms with E-state index in [1.165, 1.54) is 0 Å². The van der Waals surface area contributed by atoms with E-state index in [1.54, 1.807) is 19.5 Å². The summed E-state index contributed by atoms with van der Waals surface area (Å²) in [7, 11) is 1.72. The monoisotopic (exact) mass is 338 g/mol. The van der Waals surface area contributed by atoms with E-state index in [2.05, 4.69) is 46.0 Å². The van der Waals surface area contributed by atoms with Crippen LogP contribution in [0, 0.1) is 6.92 Å². The zero-order valence-electron chi connectivity index (χ0n) is 11.2. The Labute approximate surface area is 124 Å². The highest BCUT2D eigenvalue weighted by atomic mass is 79.9. The van der Waals surface area contributed by atoms with Crippen LogP contribution in [0.5, 0.6) is 0 Å². The maximum absolute atomic E-state index is 5.47. The molecule has 0 amide bonds. The van der Waals surface area contributed by atoms with Crippen LogP contribution in [0.1, 0.15) is 24.1 Å². The topological polar surface area (TPSA) is 79.8 Å². The zero-order valence-corrected chi connectivity index (χ0v) is 12.8. The predicted octanol–water partition coefficient (Wildman–Crippen LogP) is 1.63. The van der Waals surface area contributed by atoms with E-state index < -0.39 is 0 Å². The van der Waals surface area contributed by atoms with Gasteiger partial charge < -0.3 is 9.64 Å². The maximum Gasteiger partial charge on any atom is 0.226 e. The van der Waals surface area contributed by atoms with Crippen LogP contribution in [0.3, 0.4) is 0 Å². The molecule has 2 aromatic heterocycles. The van der Waals surface area contributed by atoms with Crippen LogP contribution >= 0.6 is 15.9 Å². The molecule has 20 heavy (non-hydrogen) atoms. The van der Waals surface area contributed by atoms with Crippen molar-refractivity contribution in [3.05, 3.63) is 28.5 Å². The average Bonchev–Trinajstić information content (AvgIpc) is 3.05. The van der Waals surface area contributed by atoms with Gasteiger partial charge in [0.15, 0.2) is 5.82 Å². The molecule has 0 spiro atoms. The molecule has 2 aromatic rings. The van der Waals surface area contributed by atoms with Crippen molar-refractivity contribution < 1.29 is 4.74 Å². The van der Waals surface area contributed by atoms with Gasteiger partial charge in [0.2, 0.25) is 5.95 Å². The first kappa shape index (κ1) is 13.4. The Hall–Kier alpha value is -1.54. The standard InChI is InChI=1S/C12H15BrN6O/c1-7-16-11(18-17-7)10-3-9(20-2)6-19(10)12-14-4-8(13)5-15-12/h4-5,9-10H,3,6H2,1-2H3,(H,16,17,18)/t9-,10+/m1/s1. The molecule has 2 atom stereocenters. The van der Waals surface area contributed by atoms with Crippen LogP contribution in [0.25, 0.3) is 0 Å². The SMILES string of the molecule is CO[C@@H]1C[C@@H](c2n[nH]c(C)n2)N(c2ncc(Br)cn2)C1. The molecule has 1 aliphatic rings. The maximum atomic E-state index is 5.47. The molecule has 0 radical (unpaired) electrons. The van der Waals surface area contributed by atoms with Crippen molar-refractivity contribution in [2.24, 2.45) is 0 Å². The summed E-state index contributed by atoms with van der Waals surface area (Å²) >= 11 is 3.35. The van der Waals surface area contributed by atoms with Crippen molar-refractivity contribution in [3.63, 3.8) is 0 Å². The quantitative estimate of drug-likeness (QED) is 0.916. The smallest absolute Gasteiger partial charge is 0.226 e. The molecule has 3 heterocycles. The molecule has 0 aromatic carbocycles. The Kier molecular flexibility index (Phi) is 3.66. The molecule has 0 bridgehead atoms. The Morgan fingerprint density at radius 1 is 1.40 bits per heavy atom. The van der Waals surface area contributed by atoms with Gasteiger partial charge >= 0.3 is 0 Å². The third kappa shape index (κ3) is 2.53. The van der Waals surface area contributed by atoms with E-state index in [1.807, 2.05) is 6.92 Å². The largest absolute Gasteiger partial charge is 0.380 e. The molecule has 0 unspecified atom stereocenters. The molecule has 1 fully saturated rings. The lowest BCUT2D eigenvalue weighted by molar-refractivity contribution is 0.118. The molecule has 8 heteroatoms. The third-order valence-electron chi connectivity index (χ3n) is 3.37. The fourth-order valence-corrected chi connectivity index (χ4v) is 2.60. The zero-order chi connectivity index (χ0) is 14.1. The molecule has 106 valence electrons. The summed E-state index contributed by atoms with van der Waals surface area (Å²) in [5.41, 5.74) is 0. The van der Waals surface area contributed by atoms with Crippen LogP contribution in [-0.4, -0.2) is 44.9 Å². The number of methoxy groups -OCH3 is 1. The Bertz CT molecular complexity index is 586. The first-order valence-corrected chi connectivity index (χ1v) is 7.12. The number of anilines is 1. The minimum Gasteiger partial charge on any atom is -0.380 e. The predicted molar refractivity (Wildman–Crippen MR) is 76.4 cm³/mol. The summed E-state index contributed by atoms with van der Waals surface area (Å²) in [5.74, 6) is 2.23. The summed E-state index contributed by atoms with van der Waals surface area (Å²) in [4.78, 5) is 15.2. The van der Waals surface area contributed by atoms with Crippen molar-refractivity contribution in [1.29, 1.82) is 0 Å². The fraction of sp³-hybridized carbons (Fsp3) is 0.500. The van der Waals surface area contributed by atoms with Gasteiger partial charge in [-0.2, -0.15) is 5.10 Å². The molecule has 1 aliphatic heterocycles. The summed E-state index contributed by atoms with van der Waals surface area (Å²) in [6, 6.07) is 0.0334. The summed E-state index contributed by atoms with van der Waals surface area (Å²) in [5, 5.41) is 7.14. The number of H-pyrrole nitrogens is 1. The van der Waals surface area contributed by atoms with Crippen molar-refractivity contribution in [1.82, 2.24) is 25.1 Å². The van der Waals surface area contributed by atoms with Crippen LogP contribution in [-0.2, 0) is 4.74 Å². The van der Waals surface area contributed by atoms with Gasteiger partial charge in [-0.05, 0) is 22.9 Å². The van der Waals surface area contributed by atoms with E-state index >= 15 is 0 Å². The minimum atomic E-state index is 0.0334. The molecule has 0 saturated carbocycles. The van der Waals surface area contributed by atoms with Gasteiger partial charge in [0.1, 0.15) is 5.82 Å². The lowest BCUT2D eigenvalue weighted by Gasteiger charge is -2.21. The van der Waals surface area contributed by atoms with E-state index in [-0.39, 0.29) is 12.1 Å². The van der Waals surface area contributed by atoms with Crippen LogP contribution in [0.2, 0.25) is 0 Å². The Balaban J connectivity index is 1.91. The van der Waals surface area contributed by atoms with E-state index in [0.29, 0.717) is 5.95 Å². The molecule has 0 aliphatic carbocycles. The lowest BCUT2D eigenvalue weighted by Crippen LogP contribution is -2.27. The van der Waals surface area contributed by atoms with Crippen molar-refractivity contribution >= 4 is 21.9 Å². The number of aromatic nitrogens is 5. The highest BCUT2D eigenvalue weighted by Crippen LogP contribution is 2.34. The van der Waals surface area contributed by atoms with Crippen LogP contribution in [0.4, 0.5) is 5.95 Å². The van der Waals surface area contributed by atoms with Gasteiger partial charge in [0.25, 0.3) is 0 Å². The number of ether oxygens (including phenoxy) is 1. The second-order valence-corrected chi connectivity index (χ2v) is 5.66. The van der Waals surface area contributed by atoms with Gasteiger partial charge in [0, 0.05) is 32.5 Å². The number of hydrogen-bond donors (Lipinski definition) is 1. The molecular formula is C12H15BrN6O. The highest BCUT2D eigenvalue weighted by Gasteiger charge is 2.37. The second kappa shape index (κ2) is 5.45. The van der Waals surface area contributed by atoms with E-state index in [4.69, 9.17) is 4.74 Å². The van der Waals surface area contributed by atoms with Gasteiger partial charge in [0.05, 0.1) is 16.6 Å². The number of aromatic amines is 1. The minimum absolute atomic E-state index is 0.0334. The number of aryl methyl sites for hydroxylation is 1. The highest BCUT2D eigenvalue weighted by molar-refractivity contribution is 9.10. The number of rotatable bonds is 3. The molecule has 1 saturated heterocycles. The lowest BCUT2D eigenvalue weighted by atomic mass is 10.2. The first-order chi connectivity index (χ1) is 9.67. The van der Waals surface area contributed by atoms with Gasteiger partial charge in [-0.15, -0.1) is 0 Å².